The molecule has 0 saturated carbocycles. The fraction of sp³-hybridized carbons (Fsp3) is 0.333. The highest BCUT2D eigenvalue weighted by Crippen LogP contribution is 2.20. The van der Waals surface area contributed by atoms with Crippen molar-refractivity contribution in [3.05, 3.63) is 30.2 Å². The molecule has 1 aromatic heterocycles. The monoisotopic (exact) mass is 250 g/mol. The van der Waals surface area contributed by atoms with Gasteiger partial charge in [-0.25, -0.2) is 0 Å². The average Bonchev–Trinajstić information content (AvgIpc) is 2.89. The van der Waals surface area contributed by atoms with Crippen LogP contribution in [0.25, 0.3) is 6.08 Å². The topological polar surface area (TPSA) is 85.8 Å². The largest absolute Gasteiger partial charge is 0.468 e. The van der Waals surface area contributed by atoms with Crippen LogP contribution in [0.5, 0.6) is 0 Å². The van der Waals surface area contributed by atoms with Gasteiger partial charge in [0.05, 0.1) is 19.4 Å². The second kappa shape index (κ2) is 5.05. The zero-order valence-electron chi connectivity index (χ0n) is 9.91. The van der Waals surface area contributed by atoms with Crippen LogP contribution in [0, 0.1) is 0 Å². The summed E-state index contributed by atoms with van der Waals surface area (Å²) in [5.74, 6) is -0.0549. The number of hydrogen-bond acceptors (Lipinski definition) is 5. The van der Waals surface area contributed by atoms with Crippen LogP contribution in [0.15, 0.2) is 28.9 Å². The number of rotatable bonds is 4. The summed E-state index contributed by atoms with van der Waals surface area (Å²) in [6, 6.07) is 2.63. The normalized spacial score (nSPS) is 23.2. The number of hydrogen-bond donors (Lipinski definition) is 1. The number of β-lactam (4-membered cyclic amide) rings is 1. The maximum absolute atomic E-state index is 11.5. The first-order chi connectivity index (χ1) is 8.63. The molecule has 2 heterocycles. The van der Waals surface area contributed by atoms with E-state index in [0.29, 0.717) is 5.76 Å². The van der Waals surface area contributed by atoms with Gasteiger partial charge < -0.3 is 19.8 Å². The van der Waals surface area contributed by atoms with Gasteiger partial charge in [0, 0.05) is 0 Å². The molecule has 18 heavy (non-hydrogen) atoms. The number of methoxy groups -OCH3 is 1. The van der Waals surface area contributed by atoms with Gasteiger partial charge in [0.15, 0.2) is 0 Å². The van der Waals surface area contributed by atoms with E-state index in [1.54, 1.807) is 30.5 Å². The van der Waals surface area contributed by atoms with E-state index in [2.05, 4.69) is 4.74 Å². The van der Waals surface area contributed by atoms with E-state index in [0.717, 1.165) is 0 Å². The molecular formula is C12H14N2O4. The van der Waals surface area contributed by atoms with E-state index in [9.17, 15) is 9.59 Å². The molecule has 0 radical (unpaired) electrons. The standard InChI is InChI=1S/C12H14N2O4/c1-17-10(15)7-14-9(11(13)12(14)16)5-4-8-3-2-6-18-8/h2-6,9,11H,7,13H2,1H3/b5-4+/t9-,11+/m0/s1. The number of nitrogens with two attached hydrogens (primary N) is 1. The van der Waals surface area contributed by atoms with Gasteiger partial charge >= 0.3 is 5.97 Å². The second-order valence-electron chi connectivity index (χ2n) is 3.93. The summed E-state index contributed by atoms with van der Waals surface area (Å²) < 4.78 is 9.65. The average molecular weight is 250 g/mol. The summed E-state index contributed by atoms with van der Waals surface area (Å²) in [5.41, 5.74) is 5.69. The Hall–Kier alpha value is -2.08. The van der Waals surface area contributed by atoms with Crippen LogP contribution in [-0.4, -0.2) is 42.5 Å². The minimum Gasteiger partial charge on any atom is -0.468 e. The molecular weight excluding hydrogens is 236 g/mol. The predicted octanol–water partition coefficient (Wildman–Crippen LogP) is 0.00390. The first-order valence-corrected chi connectivity index (χ1v) is 5.48. The van der Waals surface area contributed by atoms with Crippen molar-refractivity contribution in [2.45, 2.75) is 12.1 Å². The first kappa shape index (κ1) is 12.4. The number of amides is 1. The molecule has 0 aromatic carbocycles. The molecule has 0 bridgehead atoms. The molecule has 0 aliphatic carbocycles. The number of carbonyl (C=O) groups excluding carboxylic acids is 2. The number of ether oxygens (including phenoxy) is 1. The molecule has 2 N–H and O–H groups in total. The van der Waals surface area contributed by atoms with Crippen molar-refractivity contribution < 1.29 is 18.7 Å². The Balaban J connectivity index is 2.02. The molecule has 1 aliphatic heterocycles. The van der Waals surface area contributed by atoms with Crippen LogP contribution in [-0.2, 0) is 14.3 Å². The predicted molar refractivity (Wildman–Crippen MR) is 63.2 cm³/mol. The molecule has 6 heteroatoms. The highest BCUT2D eigenvalue weighted by atomic mass is 16.5. The number of esters is 1. The number of furan rings is 1. The third-order valence-electron chi connectivity index (χ3n) is 2.82. The molecule has 1 amide bonds. The minimum absolute atomic E-state index is 0.0871. The Bertz CT molecular complexity index is 466. The van der Waals surface area contributed by atoms with Gasteiger partial charge in [0.1, 0.15) is 18.3 Å². The zero-order valence-corrected chi connectivity index (χ0v) is 9.91. The minimum atomic E-state index is -0.610. The van der Waals surface area contributed by atoms with Gasteiger partial charge in [-0.05, 0) is 18.2 Å². The number of carbonyl (C=O) groups is 2. The third kappa shape index (κ3) is 2.28. The second-order valence-corrected chi connectivity index (χ2v) is 3.93. The Morgan fingerprint density at radius 2 is 2.44 bits per heavy atom. The van der Waals surface area contributed by atoms with E-state index >= 15 is 0 Å². The lowest BCUT2D eigenvalue weighted by Gasteiger charge is -2.43. The molecule has 2 rings (SSSR count). The van der Waals surface area contributed by atoms with Crippen molar-refractivity contribution in [3.63, 3.8) is 0 Å². The molecule has 1 saturated heterocycles. The van der Waals surface area contributed by atoms with Gasteiger partial charge in [0.2, 0.25) is 5.91 Å². The zero-order chi connectivity index (χ0) is 13.1. The van der Waals surface area contributed by atoms with Gasteiger partial charge in [-0.2, -0.15) is 0 Å². The Morgan fingerprint density at radius 3 is 3.06 bits per heavy atom. The van der Waals surface area contributed by atoms with Gasteiger partial charge in [-0.1, -0.05) is 6.08 Å². The maximum Gasteiger partial charge on any atom is 0.325 e. The van der Waals surface area contributed by atoms with Crippen molar-refractivity contribution in [2.24, 2.45) is 5.73 Å². The summed E-state index contributed by atoms with van der Waals surface area (Å²) in [6.07, 6.45) is 5.02. The van der Waals surface area contributed by atoms with Crippen molar-refractivity contribution in [2.75, 3.05) is 13.7 Å². The smallest absolute Gasteiger partial charge is 0.325 e. The molecule has 1 aliphatic rings. The molecule has 96 valence electrons. The number of likely N-dealkylation sites (tertiary alicyclic amines) is 1. The van der Waals surface area contributed by atoms with Crippen molar-refractivity contribution in [1.29, 1.82) is 0 Å². The van der Waals surface area contributed by atoms with Gasteiger partial charge in [0.25, 0.3) is 0 Å². The third-order valence-corrected chi connectivity index (χ3v) is 2.82. The van der Waals surface area contributed by atoms with Crippen molar-refractivity contribution in [1.82, 2.24) is 4.90 Å². The van der Waals surface area contributed by atoms with Crippen LogP contribution in [0.1, 0.15) is 5.76 Å². The summed E-state index contributed by atoms with van der Waals surface area (Å²) in [7, 11) is 1.28. The molecule has 2 atom stereocenters. The van der Waals surface area contributed by atoms with Crippen LogP contribution < -0.4 is 5.73 Å². The summed E-state index contributed by atoms with van der Waals surface area (Å²) >= 11 is 0. The van der Waals surface area contributed by atoms with E-state index in [1.165, 1.54) is 12.0 Å². The lowest BCUT2D eigenvalue weighted by Crippen LogP contribution is -2.68. The van der Waals surface area contributed by atoms with Gasteiger partial charge in [-0.15, -0.1) is 0 Å². The van der Waals surface area contributed by atoms with Gasteiger partial charge in [-0.3, -0.25) is 9.59 Å². The number of nitrogens with zero attached hydrogens (tertiary/aromatic N) is 1. The summed E-state index contributed by atoms with van der Waals surface area (Å²) in [4.78, 5) is 24.0. The van der Waals surface area contributed by atoms with Crippen LogP contribution in [0.3, 0.4) is 0 Å². The Morgan fingerprint density at radius 1 is 1.67 bits per heavy atom. The molecule has 6 nitrogen and oxygen atoms in total. The maximum atomic E-state index is 11.5. The van der Waals surface area contributed by atoms with Crippen molar-refractivity contribution >= 4 is 18.0 Å². The summed E-state index contributed by atoms with van der Waals surface area (Å²) in [6.45, 7) is -0.0871. The summed E-state index contributed by atoms with van der Waals surface area (Å²) in [5, 5.41) is 0. The van der Waals surface area contributed by atoms with E-state index < -0.39 is 12.0 Å². The quantitative estimate of drug-likeness (QED) is 0.600. The van der Waals surface area contributed by atoms with E-state index in [-0.39, 0.29) is 18.5 Å². The van der Waals surface area contributed by atoms with Crippen LogP contribution >= 0.6 is 0 Å². The molecule has 0 spiro atoms. The highest BCUT2D eigenvalue weighted by molar-refractivity contribution is 5.93. The lowest BCUT2D eigenvalue weighted by atomic mass is 9.95. The van der Waals surface area contributed by atoms with E-state index in [1.807, 2.05) is 0 Å². The fourth-order valence-corrected chi connectivity index (χ4v) is 1.79. The first-order valence-electron chi connectivity index (χ1n) is 5.48. The highest BCUT2D eigenvalue weighted by Gasteiger charge is 2.44. The Labute approximate surface area is 104 Å². The Kier molecular flexibility index (Phi) is 3.47. The van der Waals surface area contributed by atoms with Crippen LogP contribution in [0.2, 0.25) is 0 Å². The molecule has 0 unspecified atom stereocenters. The van der Waals surface area contributed by atoms with Crippen LogP contribution in [0.4, 0.5) is 0 Å². The SMILES string of the molecule is COC(=O)CN1C(=O)[C@H](N)[C@@H]1/C=C/c1ccco1. The lowest BCUT2D eigenvalue weighted by molar-refractivity contribution is -0.156. The van der Waals surface area contributed by atoms with Crippen molar-refractivity contribution in [3.8, 4) is 0 Å². The molecule has 1 fully saturated rings. The fourth-order valence-electron chi connectivity index (χ4n) is 1.79. The van der Waals surface area contributed by atoms with E-state index in [4.69, 9.17) is 10.2 Å². The molecule has 1 aromatic rings.